The molecule has 0 spiro atoms. The van der Waals surface area contributed by atoms with E-state index in [1.807, 2.05) is 0 Å². The van der Waals surface area contributed by atoms with Gasteiger partial charge in [0.15, 0.2) is 0 Å². The summed E-state index contributed by atoms with van der Waals surface area (Å²) in [5.41, 5.74) is 0. The summed E-state index contributed by atoms with van der Waals surface area (Å²) < 4.78 is 5.60. The van der Waals surface area contributed by atoms with E-state index in [1.165, 1.54) is 19.3 Å². The van der Waals surface area contributed by atoms with Crippen LogP contribution in [0.15, 0.2) is 0 Å². The van der Waals surface area contributed by atoms with E-state index in [9.17, 15) is 4.79 Å². The van der Waals surface area contributed by atoms with Crippen LogP contribution in [-0.4, -0.2) is 43.5 Å². The van der Waals surface area contributed by atoms with Crippen LogP contribution in [0.1, 0.15) is 32.1 Å². The van der Waals surface area contributed by atoms with Crippen LogP contribution >= 0.6 is 0 Å². The van der Waals surface area contributed by atoms with Crippen LogP contribution in [0, 0.1) is 5.92 Å². The van der Waals surface area contributed by atoms with Crippen LogP contribution in [0.5, 0.6) is 0 Å². The lowest BCUT2D eigenvalue weighted by Crippen LogP contribution is -2.37. The van der Waals surface area contributed by atoms with Gasteiger partial charge in [0, 0.05) is 25.6 Å². The highest BCUT2D eigenvalue weighted by Gasteiger charge is 2.21. The fraction of sp³-hybridized carbons (Fsp3) is 0.917. The summed E-state index contributed by atoms with van der Waals surface area (Å²) in [7, 11) is 0. The van der Waals surface area contributed by atoms with Crippen molar-refractivity contribution in [1.82, 2.24) is 4.90 Å². The monoisotopic (exact) mass is 211 g/mol. The Morgan fingerprint density at radius 1 is 1.33 bits per heavy atom. The van der Waals surface area contributed by atoms with Gasteiger partial charge in [0.2, 0.25) is 0 Å². The molecule has 2 fully saturated rings. The fourth-order valence-electron chi connectivity index (χ4n) is 2.60. The summed E-state index contributed by atoms with van der Waals surface area (Å²) in [5, 5.41) is 0. The number of carbonyl (C=O) groups excluding carboxylic acids is 1. The van der Waals surface area contributed by atoms with Crippen LogP contribution in [0.4, 0.5) is 0 Å². The van der Waals surface area contributed by atoms with Gasteiger partial charge in [0.1, 0.15) is 6.29 Å². The Morgan fingerprint density at radius 2 is 2.27 bits per heavy atom. The Labute approximate surface area is 91.8 Å². The molecule has 0 N–H and O–H groups in total. The van der Waals surface area contributed by atoms with Gasteiger partial charge in [0.05, 0.1) is 6.10 Å². The maximum absolute atomic E-state index is 10.7. The van der Waals surface area contributed by atoms with Gasteiger partial charge in [-0.2, -0.15) is 0 Å². The molecule has 0 amide bonds. The Hall–Kier alpha value is -0.410. The molecule has 0 aromatic carbocycles. The molecule has 0 aromatic rings. The number of ether oxygens (including phenoxy) is 1. The number of rotatable bonds is 4. The molecule has 3 nitrogen and oxygen atoms in total. The van der Waals surface area contributed by atoms with Gasteiger partial charge in [-0.25, -0.2) is 0 Å². The molecular weight excluding hydrogens is 190 g/mol. The van der Waals surface area contributed by atoms with Crippen LogP contribution in [-0.2, 0) is 9.53 Å². The van der Waals surface area contributed by atoms with Crippen molar-refractivity contribution < 1.29 is 9.53 Å². The molecule has 0 bridgehead atoms. The zero-order chi connectivity index (χ0) is 10.5. The number of nitrogens with zero attached hydrogens (tertiary/aromatic N) is 1. The summed E-state index contributed by atoms with van der Waals surface area (Å²) in [6.07, 6.45) is 7.47. The molecule has 15 heavy (non-hydrogen) atoms. The topological polar surface area (TPSA) is 29.5 Å². The van der Waals surface area contributed by atoms with Crippen LogP contribution in [0.25, 0.3) is 0 Å². The minimum atomic E-state index is 0.281. The lowest BCUT2D eigenvalue weighted by molar-refractivity contribution is -0.112. The predicted molar refractivity (Wildman–Crippen MR) is 58.8 cm³/mol. The maximum atomic E-state index is 10.7. The number of hydrogen-bond donors (Lipinski definition) is 0. The molecule has 0 aliphatic carbocycles. The molecule has 2 saturated heterocycles. The first-order chi connectivity index (χ1) is 7.38. The lowest BCUT2D eigenvalue weighted by atomic mass is 9.99. The van der Waals surface area contributed by atoms with Gasteiger partial charge in [-0.3, -0.25) is 0 Å². The summed E-state index contributed by atoms with van der Waals surface area (Å²) in [5.74, 6) is 0.281. The SMILES string of the molecule is O=CC1CCCN(CCC2CCCO2)C1. The molecule has 2 unspecified atom stereocenters. The number of carbonyl (C=O) groups is 1. The summed E-state index contributed by atoms with van der Waals surface area (Å²) in [6.45, 7) is 4.18. The quantitative estimate of drug-likeness (QED) is 0.659. The summed E-state index contributed by atoms with van der Waals surface area (Å²) in [6, 6.07) is 0. The van der Waals surface area contributed by atoms with Gasteiger partial charge in [-0.05, 0) is 38.6 Å². The highest BCUT2D eigenvalue weighted by atomic mass is 16.5. The highest BCUT2D eigenvalue weighted by Crippen LogP contribution is 2.18. The Morgan fingerprint density at radius 3 is 3.00 bits per heavy atom. The second-order valence-electron chi connectivity index (χ2n) is 4.76. The van der Waals surface area contributed by atoms with Crippen molar-refractivity contribution in [2.24, 2.45) is 5.92 Å². The van der Waals surface area contributed by atoms with Gasteiger partial charge < -0.3 is 14.4 Å². The standard InChI is InChI=1S/C12H21NO2/c14-10-11-3-1-6-13(9-11)7-5-12-4-2-8-15-12/h10-12H,1-9H2. The van der Waals surface area contributed by atoms with Crippen molar-refractivity contribution in [2.45, 2.75) is 38.2 Å². The predicted octanol–water partition coefficient (Wildman–Crippen LogP) is 1.47. The molecule has 2 heterocycles. The normalized spacial score (nSPS) is 33.1. The van der Waals surface area contributed by atoms with Crippen LogP contribution < -0.4 is 0 Å². The summed E-state index contributed by atoms with van der Waals surface area (Å²) in [4.78, 5) is 13.1. The lowest BCUT2D eigenvalue weighted by Gasteiger charge is -2.30. The van der Waals surface area contributed by atoms with E-state index >= 15 is 0 Å². The molecular formula is C12H21NO2. The second-order valence-corrected chi connectivity index (χ2v) is 4.76. The van der Waals surface area contributed by atoms with Gasteiger partial charge in [-0.1, -0.05) is 0 Å². The van der Waals surface area contributed by atoms with E-state index in [4.69, 9.17) is 4.74 Å². The number of piperidine rings is 1. The van der Waals surface area contributed by atoms with E-state index in [-0.39, 0.29) is 5.92 Å². The third-order valence-corrected chi connectivity index (χ3v) is 3.53. The van der Waals surface area contributed by atoms with E-state index in [2.05, 4.69) is 4.90 Å². The first kappa shape index (κ1) is 11.1. The number of likely N-dealkylation sites (tertiary alicyclic amines) is 1. The smallest absolute Gasteiger partial charge is 0.124 e. The second kappa shape index (κ2) is 5.61. The molecule has 2 aliphatic heterocycles. The Bertz CT molecular complexity index is 202. The van der Waals surface area contributed by atoms with E-state index in [0.29, 0.717) is 6.10 Å². The minimum absolute atomic E-state index is 0.281. The minimum Gasteiger partial charge on any atom is -0.378 e. The third kappa shape index (κ3) is 3.28. The van der Waals surface area contributed by atoms with Crippen molar-refractivity contribution in [1.29, 1.82) is 0 Å². The molecule has 86 valence electrons. The molecule has 0 saturated carbocycles. The first-order valence-electron chi connectivity index (χ1n) is 6.18. The molecule has 2 rings (SSSR count). The molecule has 0 aromatic heterocycles. The third-order valence-electron chi connectivity index (χ3n) is 3.53. The zero-order valence-electron chi connectivity index (χ0n) is 9.36. The zero-order valence-corrected chi connectivity index (χ0v) is 9.36. The fourth-order valence-corrected chi connectivity index (χ4v) is 2.60. The van der Waals surface area contributed by atoms with Crippen LogP contribution in [0.3, 0.4) is 0 Å². The Kier molecular flexibility index (Phi) is 4.15. The maximum Gasteiger partial charge on any atom is 0.124 e. The van der Waals surface area contributed by atoms with Crippen molar-refractivity contribution in [2.75, 3.05) is 26.2 Å². The summed E-state index contributed by atoms with van der Waals surface area (Å²) >= 11 is 0. The molecule has 2 atom stereocenters. The first-order valence-corrected chi connectivity index (χ1v) is 6.18. The molecule has 0 radical (unpaired) electrons. The number of aldehydes is 1. The van der Waals surface area contributed by atoms with Crippen molar-refractivity contribution in [3.63, 3.8) is 0 Å². The largest absolute Gasteiger partial charge is 0.378 e. The average Bonchev–Trinajstić information content (AvgIpc) is 2.79. The van der Waals surface area contributed by atoms with Crippen LogP contribution in [0.2, 0.25) is 0 Å². The molecule has 3 heteroatoms. The van der Waals surface area contributed by atoms with Gasteiger partial charge in [0.25, 0.3) is 0 Å². The van der Waals surface area contributed by atoms with Crippen molar-refractivity contribution >= 4 is 6.29 Å². The van der Waals surface area contributed by atoms with Crippen molar-refractivity contribution in [3.05, 3.63) is 0 Å². The van der Waals surface area contributed by atoms with Crippen molar-refractivity contribution in [3.8, 4) is 0 Å². The molecule has 2 aliphatic rings. The van der Waals surface area contributed by atoms with Gasteiger partial charge >= 0.3 is 0 Å². The van der Waals surface area contributed by atoms with E-state index in [0.717, 1.165) is 45.4 Å². The van der Waals surface area contributed by atoms with Gasteiger partial charge in [-0.15, -0.1) is 0 Å². The van der Waals surface area contributed by atoms with E-state index < -0.39 is 0 Å². The highest BCUT2D eigenvalue weighted by molar-refractivity contribution is 5.53. The number of hydrogen-bond acceptors (Lipinski definition) is 3. The Balaban J connectivity index is 1.67. The average molecular weight is 211 g/mol. The van der Waals surface area contributed by atoms with E-state index in [1.54, 1.807) is 0 Å².